The monoisotopic (exact) mass is 263 g/mol. The van der Waals surface area contributed by atoms with Crippen LogP contribution in [0.5, 0.6) is 0 Å². The van der Waals surface area contributed by atoms with E-state index in [1.807, 2.05) is 0 Å². The minimum Gasteiger partial charge on any atom is -0.379 e. The molecule has 1 saturated carbocycles. The van der Waals surface area contributed by atoms with Crippen molar-refractivity contribution < 1.29 is 13.2 Å². The van der Waals surface area contributed by atoms with Crippen molar-refractivity contribution in [3.05, 3.63) is 0 Å². The predicted octanol–water partition coefficient (Wildman–Crippen LogP) is -0.705. The Labute approximate surface area is 103 Å². The van der Waals surface area contributed by atoms with E-state index in [9.17, 15) is 8.42 Å². The Morgan fingerprint density at radius 2 is 1.94 bits per heavy atom. The van der Waals surface area contributed by atoms with Gasteiger partial charge in [-0.25, -0.2) is 13.4 Å². The van der Waals surface area contributed by atoms with Crippen molar-refractivity contribution in [1.82, 2.24) is 15.2 Å². The highest BCUT2D eigenvalue weighted by Gasteiger charge is 2.21. The first-order valence-corrected chi connectivity index (χ1v) is 7.87. The second-order valence-electron chi connectivity index (χ2n) is 4.59. The maximum Gasteiger partial charge on any atom is 0.224 e. The molecule has 0 amide bonds. The number of sulfonamides is 1. The van der Waals surface area contributed by atoms with Crippen molar-refractivity contribution in [2.75, 3.05) is 38.6 Å². The highest BCUT2D eigenvalue weighted by molar-refractivity contribution is 7.89. The van der Waals surface area contributed by atoms with Crippen LogP contribution < -0.4 is 10.1 Å². The molecule has 0 bridgehead atoms. The van der Waals surface area contributed by atoms with Gasteiger partial charge in [0.1, 0.15) is 0 Å². The van der Waals surface area contributed by atoms with Crippen molar-refractivity contribution in [2.24, 2.45) is 0 Å². The molecular weight excluding hydrogens is 242 g/mol. The molecule has 0 aromatic rings. The molecule has 0 aromatic heterocycles. The van der Waals surface area contributed by atoms with Crippen LogP contribution in [-0.2, 0) is 14.8 Å². The van der Waals surface area contributed by atoms with Gasteiger partial charge >= 0.3 is 0 Å². The molecule has 1 aliphatic heterocycles. The zero-order valence-corrected chi connectivity index (χ0v) is 10.8. The largest absolute Gasteiger partial charge is 0.379 e. The third-order valence-corrected chi connectivity index (χ3v) is 4.24. The van der Waals surface area contributed by atoms with Gasteiger partial charge in [0.2, 0.25) is 10.0 Å². The van der Waals surface area contributed by atoms with Crippen LogP contribution in [0.2, 0.25) is 0 Å². The fourth-order valence-electron chi connectivity index (χ4n) is 1.75. The highest BCUT2D eigenvalue weighted by Crippen LogP contribution is 2.18. The Balaban J connectivity index is 1.62. The lowest BCUT2D eigenvalue weighted by Gasteiger charge is -2.26. The summed E-state index contributed by atoms with van der Waals surface area (Å²) in [5, 5.41) is 5.02. The Hall–Kier alpha value is -0.210. The topological polar surface area (TPSA) is 70.7 Å². The Kier molecular flexibility index (Phi) is 4.75. The van der Waals surface area contributed by atoms with Crippen LogP contribution in [0.1, 0.15) is 19.3 Å². The summed E-state index contributed by atoms with van der Waals surface area (Å²) in [7, 11) is -3.18. The van der Waals surface area contributed by atoms with E-state index in [4.69, 9.17) is 4.74 Å². The molecule has 17 heavy (non-hydrogen) atoms. The minimum absolute atomic E-state index is 0.185. The van der Waals surface area contributed by atoms with Gasteiger partial charge in [0.05, 0.1) is 19.0 Å². The number of ether oxygens (including phenoxy) is 1. The molecule has 6 nitrogen and oxygen atoms in total. The molecule has 0 unspecified atom stereocenters. The number of hydrogen-bond donors (Lipinski definition) is 2. The van der Waals surface area contributed by atoms with E-state index >= 15 is 0 Å². The molecule has 0 spiro atoms. The van der Waals surface area contributed by atoms with E-state index in [-0.39, 0.29) is 5.75 Å². The van der Waals surface area contributed by atoms with Crippen LogP contribution in [0, 0.1) is 0 Å². The van der Waals surface area contributed by atoms with Crippen LogP contribution in [0.3, 0.4) is 0 Å². The minimum atomic E-state index is -3.18. The third kappa shape index (κ3) is 5.31. The molecule has 1 saturated heterocycles. The number of morpholine rings is 1. The molecule has 2 fully saturated rings. The molecule has 1 aliphatic carbocycles. The first-order valence-electron chi connectivity index (χ1n) is 6.22. The van der Waals surface area contributed by atoms with Gasteiger partial charge < -0.3 is 10.1 Å². The average Bonchev–Trinajstić information content (AvgIpc) is 3.09. The van der Waals surface area contributed by atoms with Crippen molar-refractivity contribution in [3.63, 3.8) is 0 Å². The fraction of sp³-hybridized carbons (Fsp3) is 1.00. The SMILES string of the molecule is O=S(=O)(CCCNC1CC1)NN1CCOCC1. The van der Waals surface area contributed by atoms with Crippen LogP contribution in [-0.4, -0.2) is 58.1 Å². The molecule has 0 atom stereocenters. The van der Waals surface area contributed by atoms with Crippen molar-refractivity contribution in [1.29, 1.82) is 0 Å². The molecule has 0 radical (unpaired) electrons. The Bertz CT molecular complexity index is 324. The summed E-state index contributed by atoms with van der Waals surface area (Å²) in [6.07, 6.45) is 3.13. The van der Waals surface area contributed by atoms with E-state index < -0.39 is 10.0 Å². The average molecular weight is 263 g/mol. The second kappa shape index (κ2) is 6.10. The summed E-state index contributed by atoms with van der Waals surface area (Å²) >= 11 is 0. The first kappa shape index (κ1) is 13.2. The Morgan fingerprint density at radius 1 is 1.24 bits per heavy atom. The predicted molar refractivity (Wildman–Crippen MR) is 65.0 cm³/mol. The van der Waals surface area contributed by atoms with Gasteiger partial charge in [-0.15, -0.1) is 4.83 Å². The molecule has 7 heteroatoms. The van der Waals surface area contributed by atoms with E-state index in [1.54, 1.807) is 5.01 Å². The second-order valence-corrected chi connectivity index (χ2v) is 6.41. The van der Waals surface area contributed by atoms with Gasteiger partial charge in [0.25, 0.3) is 0 Å². The first-order chi connectivity index (χ1) is 8.16. The van der Waals surface area contributed by atoms with Crippen LogP contribution in [0.25, 0.3) is 0 Å². The third-order valence-electron chi connectivity index (χ3n) is 2.88. The smallest absolute Gasteiger partial charge is 0.224 e. The van der Waals surface area contributed by atoms with Gasteiger partial charge in [-0.2, -0.15) is 0 Å². The van der Waals surface area contributed by atoms with E-state index in [2.05, 4.69) is 10.1 Å². The van der Waals surface area contributed by atoms with Gasteiger partial charge in [0.15, 0.2) is 0 Å². The highest BCUT2D eigenvalue weighted by atomic mass is 32.2. The zero-order valence-electron chi connectivity index (χ0n) is 10.0. The number of rotatable bonds is 7. The Morgan fingerprint density at radius 3 is 2.59 bits per heavy atom. The van der Waals surface area contributed by atoms with Crippen LogP contribution >= 0.6 is 0 Å². The van der Waals surface area contributed by atoms with E-state index in [0.29, 0.717) is 38.8 Å². The summed E-state index contributed by atoms with van der Waals surface area (Å²) in [5.74, 6) is 0.185. The maximum absolute atomic E-state index is 11.7. The summed E-state index contributed by atoms with van der Waals surface area (Å²) in [6, 6.07) is 0.643. The van der Waals surface area contributed by atoms with Crippen LogP contribution in [0.15, 0.2) is 0 Å². The summed E-state index contributed by atoms with van der Waals surface area (Å²) in [4.78, 5) is 2.60. The lowest BCUT2D eigenvalue weighted by molar-refractivity contribution is 0.0272. The summed E-state index contributed by atoms with van der Waals surface area (Å²) in [5.41, 5.74) is 0. The fourth-order valence-corrected chi connectivity index (χ4v) is 2.94. The normalized spacial score (nSPS) is 22.8. The van der Waals surface area contributed by atoms with Crippen molar-refractivity contribution in [2.45, 2.75) is 25.3 Å². The van der Waals surface area contributed by atoms with Crippen molar-refractivity contribution >= 4 is 10.0 Å². The summed E-state index contributed by atoms with van der Waals surface area (Å²) < 4.78 is 28.6. The molecule has 1 heterocycles. The molecular formula is C10H21N3O3S. The van der Waals surface area contributed by atoms with Gasteiger partial charge in [-0.3, -0.25) is 0 Å². The molecule has 2 N–H and O–H groups in total. The molecule has 2 rings (SSSR count). The van der Waals surface area contributed by atoms with Gasteiger partial charge in [-0.05, 0) is 25.8 Å². The lowest BCUT2D eigenvalue weighted by atomic mass is 10.5. The molecule has 2 aliphatic rings. The maximum atomic E-state index is 11.7. The summed E-state index contributed by atoms with van der Waals surface area (Å²) in [6.45, 7) is 3.21. The molecule has 0 aromatic carbocycles. The van der Waals surface area contributed by atoms with Gasteiger partial charge in [0, 0.05) is 19.1 Å². The standard InChI is InChI=1S/C10H21N3O3S/c14-17(15,9-1-4-11-10-2-3-10)12-13-5-7-16-8-6-13/h10-12H,1-9H2. The number of hydrogen-bond acceptors (Lipinski definition) is 5. The quantitative estimate of drug-likeness (QED) is 0.594. The number of hydrazine groups is 1. The van der Waals surface area contributed by atoms with Crippen molar-refractivity contribution in [3.8, 4) is 0 Å². The lowest BCUT2D eigenvalue weighted by Crippen LogP contribution is -2.49. The number of nitrogens with one attached hydrogen (secondary N) is 2. The zero-order chi connectivity index (χ0) is 12.1. The molecule has 100 valence electrons. The van der Waals surface area contributed by atoms with Crippen LogP contribution in [0.4, 0.5) is 0 Å². The van der Waals surface area contributed by atoms with E-state index in [0.717, 1.165) is 6.54 Å². The van der Waals surface area contributed by atoms with E-state index in [1.165, 1.54) is 12.8 Å². The van der Waals surface area contributed by atoms with Gasteiger partial charge in [-0.1, -0.05) is 0 Å². The number of nitrogens with zero attached hydrogens (tertiary/aromatic N) is 1.